The lowest BCUT2D eigenvalue weighted by Gasteiger charge is -2.44. The quantitative estimate of drug-likeness (QED) is 0.205. The minimum absolute atomic E-state index is 0.00761. The Morgan fingerprint density at radius 3 is 2.63 bits per heavy atom. The largest absolute Gasteiger partial charge is 0.478 e. The maximum atomic E-state index is 14.7. The van der Waals surface area contributed by atoms with Crippen molar-refractivity contribution in [3.8, 4) is 11.3 Å². The highest BCUT2D eigenvalue weighted by Gasteiger charge is 2.46. The van der Waals surface area contributed by atoms with Crippen LogP contribution >= 0.6 is 34.5 Å². The Bertz CT molecular complexity index is 1620. The van der Waals surface area contributed by atoms with Crippen molar-refractivity contribution in [2.45, 2.75) is 70.2 Å². The summed E-state index contributed by atoms with van der Waals surface area (Å²) in [5.41, 5.74) is 0.706. The number of fused-ring (bicyclic) bond motifs is 1. The van der Waals surface area contributed by atoms with Crippen molar-refractivity contribution in [1.82, 2.24) is 10.1 Å². The summed E-state index contributed by atoms with van der Waals surface area (Å²) in [6.07, 6.45) is 3.39. The third-order valence-corrected chi connectivity index (χ3v) is 10.1. The molecule has 0 saturated heterocycles. The van der Waals surface area contributed by atoms with E-state index in [4.69, 9.17) is 32.5 Å². The molecule has 4 atom stereocenters. The van der Waals surface area contributed by atoms with Crippen molar-refractivity contribution in [2.75, 3.05) is 0 Å². The Kier molecular flexibility index (Phi) is 7.61. The molecule has 2 aromatic heterocycles. The van der Waals surface area contributed by atoms with Gasteiger partial charge in [-0.2, -0.15) is 0 Å². The number of hydrogen-bond donors (Lipinski definition) is 2. The third-order valence-electron chi connectivity index (χ3n) is 8.29. The topological polar surface area (TPSA) is 106 Å². The zero-order chi connectivity index (χ0) is 29.1. The van der Waals surface area contributed by atoms with Crippen LogP contribution < -0.4 is 0 Å². The summed E-state index contributed by atoms with van der Waals surface area (Å²) in [5, 5.41) is 26.9. The van der Waals surface area contributed by atoms with Gasteiger partial charge >= 0.3 is 5.97 Å². The fourth-order valence-corrected chi connectivity index (χ4v) is 7.84. The molecule has 2 saturated carbocycles. The number of carboxylic acid groups (broad SMARTS) is 1. The minimum atomic E-state index is -1.29. The van der Waals surface area contributed by atoms with Gasteiger partial charge in [0.25, 0.3) is 0 Å². The van der Waals surface area contributed by atoms with Crippen LogP contribution in [0.4, 0.5) is 4.39 Å². The van der Waals surface area contributed by atoms with Crippen LogP contribution in [0.15, 0.2) is 34.9 Å². The van der Waals surface area contributed by atoms with Crippen molar-refractivity contribution in [1.29, 1.82) is 0 Å². The van der Waals surface area contributed by atoms with Crippen molar-refractivity contribution in [3.63, 3.8) is 0 Å². The van der Waals surface area contributed by atoms with Gasteiger partial charge in [0.2, 0.25) is 0 Å². The number of halogens is 3. The van der Waals surface area contributed by atoms with E-state index in [-0.39, 0.29) is 35.6 Å². The first-order valence-electron chi connectivity index (χ1n) is 13.7. The molecule has 216 valence electrons. The van der Waals surface area contributed by atoms with Crippen LogP contribution in [0.1, 0.15) is 78.6 Å². The Hall–Kier alpha value is -2.56. The van der Waals surface area contributed by atoms with Crippen LogP contribution in [-0.4, -0.2) is 32.4 Å². The van der Waals surface area contributed by atoms with Crippen LogP contribution in [0.25, 0.3) is 21.5 Å². The van der Waals surface area contributed by atoms with E-state index in [1.807, 2.05) is 6.92 Å². The average Bonchev–Trinajstić information content (AvgIpc) is 3.52. The molecule has 11 heteroatoms. The lowest BCUT2D eigenvalue weighted by molar-refractivity contribution is -0.126. The van der Waals surface area contributed by atoms with Crippen molar-refractivity contribution in [2.24, 2.45) is 11.8 Å². The number of carboxylic acids is 1. The van der Waals surface area contributed by atoms with E-state index >= 15 is 0 Å². The maximum absolute atomic E-state index is 14.7. The summed E-state index contributed by atoms with van der Waals surface area (Å²) < 4.78 is 27.5. The second kappa shape index (κ2) is 10.9. The summed E-state index contributed by atoms with van der Waals surface area (Å²) in [6, 6.07) is 7.69. The molecule has 6 rings (SSSR count). The van der Waals surface area contributed by atoms with Gasteiger partial charge in [0, 0.05) is 17.0 Å². The number of aromatic carboxylic acids is 1. The van der Waals surface area contributed by atoms with E-state index in [1.54, 1.807) is 18.2 Å². The van der Waals surface area contributed by atoms with Gasteiger partial charge in [0.15, 0.2) is 5.82 Å². The molecule has 2 aromatic carbocycles. The number of nitrogens with zero attached hydrogens (tertiary/aromatic N) is 2. The molecular formula is C30H29Cl2FN2O5S. The van der Waals surface area contributed by atoms with Crippen molar-refractivity contribution < 1.29 is 28.7 Å². The molecule has 7 nitrogen and oxygen atoms in total. The number of aliphatic hydroxyl groups is 1. The van der Waals surface area contributed by atoms with Crippen molar-refractivity contribution in [3.05, 3.63) is 68.1 Å². The predicted octanol–water partition coefficient (Wildman–Crippen LogP) is 8.20. The van der Waals surface area contributed by atoms with Gasteiger partial charge < -0.3 is 19.5 Å². The van der Waals surface area contributed by atoms with Crippen molar-refractivity contribution >= 4 is 50.7 Å². The highest BCUT2D eigenvalue weighted by atomic mass is 35.5. The molecule has 41 heavy (non-hydrogen) atoms. The zero-order valence-electron chi connectivity index (χ0n) is 22.5. The number of hydrogen-bond acceptors (Lipinski definition) is 7. The summed E-state index contributed by atoms with van der Waals surface area (Å²) in [5.74, 6) is -0.880. The zero-order valence-corrected chi connectivity index (χ0v) is 24.8. The Labute approximate surface area is 250 Å². The third kappa shape index (κ3) is 5.27. The summed E-state index contributed by atoms with van der Waals surface area (Å²) in [4.78, 5) is 15.8. The number of thiazole rings is 1. The number of carbonyl (C=O) groups is 1. The lowest BCUT2D eigenvalue weighted by atomic mass is 9.70. The monoisotopic (exact) mass is 618 g/mol. The molecule has 0 amide bonds. The first-order valence-corrected chi connectivity index (χ1v) is 15.3. The molecule has 0 bridgehead atoms. The molecule has 2 fully saturated rings. The SMILES string of the molecule is CCC1CC(O)(c2nc3c(F)cc(C(=O)O)cc3s2)C[C@H](C)C1OCc1c(-c2c(Cl)cccc2Cl)noc1C1CC1. The van der Waals surface area contributed by atoms with Crippen LogP contribution in [0.3, 0.4) is 0 Å². The van der Waals surface area contributed by atoms with E-state index < -0.39 is 17.4 Å². The summed E-state index contributed by atoms with van der Waals surface area (Å²) in [7, 11) is 0. The van der Waals surface area contributed by atoms with Gasteiger partial charge in [-0.05, 0) is 61.8 Å². The van der Waals surface area contributed by atoms with E-state index in [0.717, 1.165) is 48.0 Å². The standard InChI is InChI=1S/C30H29Cl2FN2O5S/c1-3-15-12-30(38,29-34-25-21(33)9-17(28(36)37)10-22(25)41-29)11-14(2)26(15)39-13-18-24(35-40-27(18)16-7-8-16)23-19(31)5-4-6-20(23)32/h4-6,9-10,14-16,26,38H,3,7-8,11-13H2,1-2H3,(H,36,37)/t14-,15?,26?,30?/m0/s1. The molecule has 3 unspecified atom stereocenters. The smallest absolute Gasteiger partial charge is 0.335 e. The second-order valence-electron chi connectivity index (χ2n) is 11.2. The minimum Gasteiger partial charge on any atom is -0.478 e. The molecular weight excluding hydrogens is 590 g/mol. The number of ether oxygens (including phenoxy) is 1. The van der Waals surface area contributed by atoms with Gasteiger partial charge in [0.05, 0.1) is 33.0 Å². The molecule has 0 aliphatic heterocycles. The predicted molar refractivity (Wildman–Crippen MR) is 155 cm³/mol. The number of aromatic nitrogens is 2. The number of rotatable bonds is 8. The van der Waals surface area contributed by atoms with Crippen LogP contribution in [-0.2, 0) is 16.9 Å². The molecule has 2 N–H and O–H groups in total. The van der Waals surface area contributed by atoms with Crippen LogP contribution in [0.2, 0.25) is 10.0 Å². The fourth-order valence-electron chi connectivity index (χ4n) is 6.14. The Morgan fingerprint density at radius 1 is 1.24 bits per heavy atom. The van der Waals surface area contributed by atoms with E-state index in [0.29, 0.717) is 49.8 Å². The van der Waals surface area contributed by atoms with Crippen LogP contribution in [0.5, 0.6) is 0 Å². The van der Waals surface area contributed by atoms with E-state index in [2.05, 4.69) is 17.1 Å². The fraction of sp³-hybridized carbons (Fsp3) is 0.433. The summed E-state index contributed by atoms with van der Waals surface area (Å²) >= 11 is 14.2. The van der Waals surface area contributed by atoms with Gasteiger partial charge in [-0.25, -0.2) is 14.2 Å². The van der Waals surface area contributed by atoms with Crippen LogP contribution in [0, 0.1) is 17.7 Å². The molecule has 2 aliphatic carbocycles. The second-order valence-corrected chi connectivity index (χ2v) is 13.1. The molecule has 4 aromatic rings. The van der Waals surface area contributed by atoms with Gasteiger partial charge in [-0.1, -0.05) is 54.7 Å². The number of benzene rings is 2. The maximum Gasteiger partial charge on any atom is 0.335 e. The molecule has 2 aliphatic rings. The first kappa shape index (κ1) is 28.6. The first-order chi connectivity index (χ1) is 19.6. The van der Waals surface area contributed by atoms with Gasteiger partial charge in [0.1, 0.15) is 27.6 Å². The highest BCUT2D eigenvalue weighted by molar-refractivity contribution is 7.18. The summed E-state index contributed by atoms with van der Waals surface area (Å²) in [6.45, 7) is 4.36. The lowest BCUT2D eigenvalue weighted by Crippen LogP contribution is -2.45. The van der Waals surface area contributed by atoms with E-state index in [1.165, 1.54) is 6.07 Å². The van der Waals surface area contributed by atoms with Gasteiger partial charge in [-0.3, -0.25) is 0 Å². The Balaban J connectivity index is 1.26. The normalized spacial score (nSPS) is 24.7. The molecule has 0 radical (unpaired) electrons. The Morgan fingerprint density at radius 2 is 1.98 bits per heavy atom. The van der Waals surface area contributed by atoms with Gasteiger partial charge in [-0.15, -0.1) is 11.3 Å². The highest BCUT2D eigenvalue weighted by Crippen LogP contribution is 2.49. The van der Waals surface area contributed by atoms with E-state index in [9.17, 15) is 19.4 Å². The molecule has 0 spiro atoms. The molecule has 2 heterocycles. The average molecular weight is 620 g/mol.